The lowest BCUT2D eigenvalue weighted by molar-refractivity contribution is 0.0912. The highest BCUT2D eigenvalue weighted by Gasteiger charge is 2.25. The summed E-state index contributed by atoms with van der Waals surface area (Å²) in [4.78, 5) is 12.2. The molecular formula is C15H23ClN2O. The molecule has 106 valence electrons. The van der Waals surface area contributed by atoms with Crippen molar-refractivity contribution in [3.05, 3.63) is 29.8 Å². The highest BCUT2D eigenvalue weighted by molar-refractivity contribution is 5.99. The van der Waals surface area contributed by atoms with Crippen LogP contribution >= 0.6 is 12.4 Å². The standard InChI is InChI=1S/C15H22N2O.ClH/c1-10-7-11(2)9-12(8-10)17-15(18)13-5-3-4-6-14(13)16;/h3-6,10-12H,7-9,16H2,1-2H3,(H,17,18);1H. The molecule has 1 saturated carbocycles. The van der Waals surface area contributed by atoms with Crippen molar-refractivity contribution in [3.63, 3.8) is 0 Å². The van der Waals surface area contributed by atoms with Crippen molar-refractivity contribution < 1.29 is 4.79 Å². The van der Waals surface area contributed by atoms with Gasteiger partial charge in [0.2, 0.25) is 0 Å². The molecule has 1 aliphatic rings. The van der Waals surface area contributed by atoms with Crippen molar-refractivity contribution in [1.29, 1.82) is 0 Å². The Bertz CT molecular complexity index is 426. The third-order valence-electron chi connectivity index (χ3n) is 3.72. The third kappa shape index (κ3) is 4.13. The number of hydrogen-bond acceptors (Lipinski definition) is 2. The van der Waals surface area contributed by atoms with Gasteiger partial charge in [-0.05, 0) is 43.2 Å². The van der Waals surface area contributed by atoms with Crippen LogP contribution in [0.5, 0.6) is 0 Å². The molecule has 19 heavy (non-hydrogen) atoms. The number of benzene rings is 1. The maximum Gasteiger partial charge on any atom is 0.253 e. The third-order valence-corrected chi connectivity index (χ3v) is 3.72. The zero-order chi connectivity index (χ0) is 13.1. The highest BCUT2D eigenvalue weighted by atomic mass is 35.5. The average Bonchev–Trinajstić information content (AvgIpc) is 2.27. The van der Waals surface area contributed by atoms with Crippen LogP contribution < -0.4 is 11.1 Å². The van der Waals surface area contributed by atoms with Crippen molar-refractivity contribution >= 4 is 24.0 Å². The van der Waals surface area contributed by atoms with Gasteiger partial charge in [-0.2, -0.15) is 0 Å². The summed E-state index contributed by atoms with van der Waals surface area (Å²) >= 11 is 0. The predicted octanol–water partition coefficient (Wildman–Crippen LogP) is 3.25. The Morgan fingerprint density at radius 2 is 1.74 bits per heavy atom. The van der Waals surface area contributed by atoms with E-state index < -0.39 is 0 Å². The largest absolute Gasteiger partial charge is 0.398 e. The highest BCUT2D eigenvalue weighted by Crippen LogP contribution is 2.28. The van der Waals surface area contributed by atoms with E-state index in [0.29, 0.717) is 23.1 Å². The van der Waals surface area contributed by atoms with E-state index in [4.69, 9.17) is 5.73 Å². The molecule has 0 saturated heterocycles. The first kappa shape index (κ1) is 15.8. The molecule has 1 aromatic carbocycles. The quantitative estimate of drug-likeness (QED) is 0.818. The molecule has 1 fully saturated rings. The van der Waals surface area contributed by atoms with Crippen molar-refractivity contribution in [2.75, 3.05) is 5.73 Å². The summed E-state index contributed by atoms with van der Waals surface area (Å²) in [5.41, 5.74) is 6.95. The number of anilines is 1. The molecule has 2 unspecified atom stereocenters. The molecule has 0 aliphatic heterocycles. The van der Waals surface area contributed by atoms with E-state index in [-0.39, 0.29) is 24.4 Å². The first-order valence-corrected chi connectivity index (χ1v) is 6.71. The van der Waals surface area contributed by atoms with Crippen LogP contribution in [-0.2, 0) is 0 Å². The zero-order valence-electron chi connectivity index (χ0n) is 11.6. The number of halogens is 1. The minimum absolute atomic E-state index is 0. The number of hydrogen-bond donors (Lipinski definition) is 2. The van der Waals surface area contributed by atoms with Crippen LogP contribution in [0.3, 0.4) is 0 Å². The molecule has 0 heterocycles. The Morgan fingerprint density at radius 3 is 2.32 bits per heavy atom. The Kier molecular flexibility index (Phi) is 5.67. The first-order valence-electron chi connectivity index (χ1n) is 6.71. The van der Waals surface area contributed by atoms with E-state index in [9.17, 15) is 4.79 Å². The van der Waals surface area contributed by atoms with Crippen LogP contribution in [0.15, 0.2) is 24.3 Å². The van der Waals surface area contributed by atoms with Gasteiger partial charge >= 0.3 is 0 Å². The van der Waals surface area contributed by atoms with E-state index in [0.717, 1.165) is 12.8 Å². The summed E-state index contributed by atoms with van der Waals surface area (Å²) in [5.74, 6) is 1.33. The smallest absolute Gasteiger partial charge is 0.253 e. The number of nitrogens with one attached hydrogen (secondary N) is 1. The van der Waals surface area contributed by atoms with Gasteiger partial charge in [0.15, 0.2) is 0 Å². The van der Waals surface area contributed by atoms with Crippen LogP contribution in [0.1, 0.15) is 43.5 Å². The number of carbonyl (C=O) groups excluding carboxylic acids is 1. The van der Waals surface area contributed by atoms with Gasteiger partial charge in [0.1, 0.15) is 0 Å². The average molecular weight is 283 g/mol. The Morgan fingerprint density at radius 1 is 1.16 bits per heavy atom. The van der Waals surface area contributed by atoms with Crippen LogP contribution in [0.25, 0.3) is 0 Å². The second kappa shape index (κ2) is 6.80. The second-order valence-electron chi connectivity index (χ2n) is 5.68. The van der Waals surface area contributed by atoms with Gasteiger partial charge in [-0.15, -0.1) is 12.4 Å². The number of nitrogens with two attached hydrogens (primary N) is 1. The SMILES string of the molecule is CC1CC(C)CC(NC(=O)c2ccccc2N)C1.Cl. The fourth-order valence-corrected chi connectivity index (χ4v) is 3.03. The van der Waals surface area contributed by atoms with Crippen molar-refractivity contribution in [2.24, 2.45) is 11.8 Å². The van der Waals surface area contributed by atoms with Crippen molar-refractivity contribution in [1.82, 2.24) is 5.32 Å². The summed E-state index contributed by atoms with van der Waals surface area (Å²) in [6.07, 6.45) is 3.41. The minimum atomic E-state index is -0.0422. The molecule has 2 rings (SSSR count). The second-order valence-corrected chi connectivity index (χ2v) is 5.68. The number of nitrogen functional groups attached to an aromatic ring is 1. The van der Waals surface area contributed by atoms with E-state index in [1.807, 2.05) is 12.1 Å². The molecule has 0 aromatic heterocycles. The van der Waals surface area contributed by atoms with Gasteiger partial charge in [-0.1, -0.05) is 26.0 Å². The lowest BCUT2D eigenvalue weighted by Gasteiger charge is -2.32. The monoisotopic (exact) mass is 282 g/mol. The number of carbonyl (C=O) groups is 1. The van der Waals surface area contributed by atoms with Gasteiger partial charge < -0.3 is 11.1 Å². The Hall–Kier alpha value is -1.22. The summed E-state index contributed by atoms with van der Waals surface area (Å²) in [6, 6.07) is 7.52. The lowest BCUT2D eigenvalue weighted by atomic mass is 9.80. The summed E-state index contributed by atoms with van der Waals surface area (Å²) in [7, 11) is 0. The van der Waals surface area contributed by atoms with E-state index >= 15 is 0 Å². The fourth-order valence-electron chi connectivity index (χ4n) is 3.03. The number of rotatable bonds is 2. The molecular weight excluding hydrogens is 260 g/mol. The van der Waals surface area contributed by atoms with Gasteiger partial charge in [0.25, 0.3) is 5.91 Å². The van der Waals surface area contributed by atoms with Gasteiger partial charge in [-0.3, -0.25) is 4.79 Å². The molecule has 3 nitrogen and oxygen atoms in total. The van der Waals surface area contributed by atoms with Gasteiger partial charge in [0.05, 0.1) is 5.56 Å². The molecule has 1 amide bonds. The Balaban J connectivity index is 0.00000180. The molecule has 0 spiro atoms. The summed E-state index contributed by atoms with van der Waals surface area (Å²) in [6.45, 7) is 4.51. The normalized spacial score (nSPS) is 26.3. The Labute approximate surface area is 121 Å². The van der Waals surface area contributed by atoms with E-state index in [1.54, 1.807) is 12.1 Å². The molecule has 4 heteroatoms. The van der Waals surface area contributed by atoms with E-state index in [1.165, 1.54) is 6.42 Å². The fraction of sp³-hybridized carbons (Fsp3) is 0.533. The molecule has 0 bridgehead atoms. The number of amides is 1. The van der Waals surface area contributed by atoms with Crippen LogP contribution in [-0.4, -0.2) is 11.9 Å². The minimum Gasteiger partial charge on any atom is -0.398 e. The van der Waals surface area contributed by atoms with Crippen LogP contribution in [0, 0.1) is 11.8 Å². The van der Waals surface area contributed by atoms with Gasteiger partial charge in [-0.25, -0.2) is 0 Å². The van der Waals surface area contributed by atoms with E-state index in [2.05, 4.69) is 19.2 Å². The first-order chi connectivity index (χ1) is 8.56. The molecule has 1 aliphatic carbocycles. The van der Waals surface area contributed by atoms with Gasteiger partial charge in [0, 0.05) is 11.7 Å². The molecule has 3 N–H and O–H groups in total. The lowest BCUT2D eigenvalue weighted by Crippen LogP contribution is -2.40. The summed E-state index contributed by atoms with van der Waals surface area (Å²) in [5, 5.41) is 3.12. The van der Waals surface area contributed by atoms with Crippen LogP contribution in [0.2, 0.25) is 0 Å². The van der Waals surface area contributed by atoms with Crippen molar-refractivity contribution in [2.45, 2.75) is 39.2 Å². The van der Waals surface area contributed by atoms with Crippen LogP contribution in [0.4, 0.5) is 5.69 Å². The molecule has 2 atom stereocenters. The maximum atomic E-state index is 12.2. The summed E-state index contributed by atoms with van der Waals surface area (Å²) < 4.78 is 0. The van der Waals surface area contributed by atoms with Crippen molar-refractivity contribution in [3.8, 4) is 0 Å². The maximum absolute atomic E-state index is 12.2. The topological polar surface area (TPSA) is 55.1 Å². The molecule has 1 aromatic rings. The predicted molar refractivity (Wildman–Crippen MR) is 81.5 cm³/mol. The number of para-hydroxylation sites is 1. The molecule has 0 radical (unpaired) electrons. The zero-order valence-corrected chi connectivity index (χ0v) is 12.4.